The Labute approximate surface area is 378 Å². The SMILES string of the molecule is CC(NC(=O)C(CCCN=C(N)N)NC(=O)C(Cc1ccccc1)NC(=O)C(CO)NC(=O)C1CCCN1C(=O)CN)C(=O)N1CCCC1C(=O)NC(CC(=O)O)C(=O)NC(CO)C(=O)O. The van der Waals surface area contributed by atoms with Gasteiger partial charge in [0.1, 0.15) is 48.3 Å². The second kappa shape index (κ2) is 26.1. The summed E-state index contributed by atoms with van der Waals surface area (Å²) in [6.45, 7) is -0.621. The van der Waals surface area contributed by atoms with Crippen LogP contribution in [-0.4, -0.2) is 183 Å². The van der Waals surface area contributed by atoms with Gasteiger partial charge in [0, 0.05) is 26.1 Å². The lowest BCUT2D eigenvalue weighted by Crippen LogP contribution is -2.60. The number of benzene rings is 1. The van der Waals surface area contributed by atoms with Crippen molar-refractivity contribution in [2.24, 2.45) is 22.2 Å². The van der Waals surface area contributed by atoms with E-state index in [1.807, 2.05) is 5.32 Å². The molecular weight excluding hydrogens is 873 g/mol. The molecule has 0 spiro atoms. The number of rotatable bonds is 25. The van der Waals surface area contributed by atoms with Crippen LogP contribution in [0.15, 0.2) is 35.3 Å². The number of carbonyl (C=O) groups excluding carboxylic acids is 8. The van der Waals surface area contributed by atoms with Crippen LogP contribution in [0.1, 0.15) is 57.4 Å². The van der Waals surface area contributed by atoms with Crippen LogP contribution in [0.3, 0.4) is 0 Å². The maximum absolute atomic E-state index is 14.1. The number of carboxylic acid groups (broad SMARTS) is 2. The highest BCUT2D eigenvalue weighted by molar-refractivity contribution is 5.98. The Hall–Kier alpha value is -6.93. The molecule has 26 nitrogen and oxygen atoms in total. The van der Waals surface area contributed by atoms with Crippen molar-refractivity contribution in [3.05, 3.63) is 35.9 Å². The third-order valence-corrected chi connectivity index (χ3v) is 10.7. The van der Waals surface area contributed by atoms with E-state index in [4.69, 9.17) is 17.2 Å². The fourth-order valence-corrected chi connectivity index (χ4v) is 7.33. The first kappa shape index (κ1) is 53.4. The molecule has 1 aromatic carbocycles. The van der Waals surface area contributed by atoms with Crippen molar-refractivity contribution in [2.75, 3.05) is 39.4 Å². The zero-order chi connectivity index (χ0) is 49.1. The molecule has 1 aromatic rings. The number of hydrogen-bond acceptors (Lipinski definition) is 14. The molecule has 8 amide bonds. The average Bonchev–Trinajstić information content (AvgIpc) is 3.98. The van der Waals surface area contributed by atoms with E-state index in [1.165, 1.54) is 11.8 Å². The van der Waals surface area contributed by atoms with E-state index in [-0.39, 0.29) is 64.2 Å². The Morgan fingerprint density at radius 2 is 1.21 bits per heavy atom. The predicted octanol–water partition coefficient (Wildman–Crippen LogP) is -6.30. The molecule has 0 saturated carbocycles. The van der Waals surface area contributed by atoms with Crippen LogP contribution in [0, 0.1) is 0 Å². The molecule has 8 unspecified atom stereocenters. The standard InChI is InChI=1S/C40H60N12O14/c1-21(38(64)52-15-7-12-29(52)37(63)48-25(17-31(56)57)34(60)50-27(20-54)39(65)66)45-32(58)23(10-5-13-44-40(42)43)46-33(59)24(16-22-8-3-2-4-9-22)47-35(61)26(19-53)49-36(62)28-11-6-14-51(28)30(55)18-41/h2-4,8-9,21,23-29,53-54H,5-7,10-20,41H2,1H3,(H,45,58)(H,46,59)(H,47,61)(H,48,63)(H,49,62)(H,50,60)(H,56,57)(H,65,66)(H4,42,43,44). The second-order valence-corrected chi connectivity index (χ2v) is 15.6. The first-order valence-electron chi connectivity index (χ1n) is 21.2. The summed E-state index contributed by atoms with van der Waals surface area (Å²) in [4.78, 5) is 136. The second-order valence-electron chi connectivity index (χ2n) is 15.6. The molecule has 2 aliphatic rings. The fraction of sp³-hybridized carbons (Fsp3) is 0.575. The molecule has 2 heterocycles. The minimum Gasteiger partial charge on any atom is -0.481 e. The number of nitrogens with one attached hydrogen (secondary N) is 6. The quantitative estimate of drug-likeness (QED) is 0.0246. The number of carbonyl (C=O) groups is 10. The van der Waals surface area contributed by atoms with Gasteiger partial charge in [0.15, 0.2) is 5.96 Å². The molecule has 2 fully saturated rings. The minimum atomic E-state index is -1.80. The Morgan fingerprint density at radius 1 is 0.697 bits per heavy atom. The Bertz CT molecular complexity index is 1950. The molecule has 0 aliphatic carbocycles. The molecule has 2 aliphatic heterocycles. The zero-order valence-electron chi connectivity index (χ0n) is 36.4. The summed E-state index contributed by atoms with van der Waals surface area (Å²) >= 11 is 0. The van der Waals surface area contributed by atoms with Crippen LogP contribution < -0.4 is 49.1 Å². The van der Waals surface area contributed by atoms with E-state index < -0.39 is 127 Å². The third kappa shape index (κ3) is 15.9. The van der Waals surface area contributed by atoms with Gasteiger partial charge in [-0.2, -0.15) is 0 Å². The largest absolute Gasteiger partial charge is 0.481 e. The van der Waals surface area contributed by atoms with E-state index in [1.54, 1.807) is 30.3 Å². The van der Waals surface area contributed by atoms with E-state index in [9.17, 15) is 68.4 Å². The Kier molecular flexibility index (Phi) is 21.1. The van der Waals surface area contributed by atoms with Gasteiger partial charge in [-0.05, 0) is 51.0 Å². The fourth-order valence-electron chi connectivity index (χ4n) is 7.33. The van der Waals surface area contributed by atoms with Gasteiger partial charge in [-0.25, -0.2) is 4.79 Å². The molecule has 66 heavy (non-hydrogen) atoms. The van der Waals surface area contributed by atoms with Crippen molar-refractivity contribution < 1.29 is 68.4 Å². The van der Waals surface area contributed by atoms with Crippen LogP contribution in [0.4, 0.5) is 0 Å². The molecule has 0 radical (unpaired) electrons. The highest BCUT2D eigenvalue weighted by atomic mass is 16.4. The number of hydrogen-bond donors (Lipinski definition) is 13. The van der Waals surface area contributed by atoms with Crippen LogP contribution in [0.2, 0.25) is 0 Å². The minimum absolute atomic E-state index is 0.0120. The van der Waals surface area contributed by atoms with Gasteiger partial charge < -0.3 is 79.3 Å². The molecule has 0 bridgehead atoms. The number of aliphatic hydroxyl groups excluding tert-OH is 2. The summed E-state index contributed by atoms with van der Waals surface area (Å²) in [5, 5.41) is 52.3. The third-order valence-electron chi connectivity index (χ3n) is 10.7. The number of amides is 8. The molecule has 16 N–H and O–H groups in total. The van der Waals surface area contributed by atoms with Gasteiger partial charge in [-0.15, -0.1) is 0 Å². The number of carboxylic acids is 2. The van der Waals surface area contributed by atoms with Crippen LogP contribution in [-0.2, 0) is 54.4 Å². The van der Waals surface area contributed by atoms with Crippen LogP contribution in [0.25, 0.3) is 0 Å². The summed E-state index contributed by atoms with van der Waals surface area (Å²) in [6.07, 6.45) is 0.0916. The number of nitrogens with zero attached hydrogens (tertiary/aromatic N) is 3. The van der Waals surface area contributed by atoms with Gasteiger partial charge in [0.25, 0.3) is 0 Å². The number of aliphatic hydroxyl groups is 2. The van der Waals surface area contributed by atoms with Crippen molar-refractivity contribution in [1.29, 1.82) is 0 Å². The van der Waals surface area contributed by atoms with E-state index >= 15 is 0 Å². The normalized spacial score (nSPS) is 18.2. The van der Waals surface area contributed by atoms with Crippen molar-refractivity contribution in [2.45, 2.75) is 107 Å². The molecule has 26 heteroatoms. The summed E-state index contributed by atoms with van der Waals surface area (Å²) in [5.74, 6) is -10.2. The van der Waals surface area contributed by atoms with Crippen molar-refractivity contribution in [3.8, 4) is 0 Å². The maximum Gasteiger partial charge on any atom is 0.328 e. The number of aliphatic imine (C=N–C) groups is 1. The molecule has 3 rings (SSSR count). The lowest BCUT2D eigenvalue weighted by molar-refractivity contribution is -0.145. The Morgan fingerprint density at radius 3 is 1.77 bits per heavy atom. The first-order valence-corrected chi connectivity index (χ1v) is 21.2. The van der Waals surface area contributed by atoms with E-state index in [0.717, 1.165) is 4.90 Å². The summed E-state index contributed by atoms with van der Waals surface area (Å²) in [6, 6.07) is -3.02. The van der Waals surface area contributed by atoms with Crippen LogP contribution >= 0.6 is 0 Å². The molecule has 0 aromatic heterocycles. The zero-order valence-corrected chi connectivity index (χ0v) is 36.4. The topological polar surface area (TPSA) is 421 Å². The van der Waals surface area contributed by atoms with Gasteiger partial charge in [-0.1, -0.05) is 30.3 Å². The average molecular weight is 933 g/mol. The molecule has 8 atom stereocenters. The van der Waals surface area contributed by atoms with Crippen molar-refractivity contribution >= 4 is 65.2 Å². The van der Waals surface area contributed by atoms with Crippen molar-refractivity contribution in [1.82, 2.24) is 41.7 Å². The van der Waals surface area contributed by atoms with Gasteiger partial charge in [0.05, 0.1) is 26.2 Å². The molecule has 2 saturated heterocycles. The summed E-state index contributed by atoms with van der Waals surface area (Å²) in [5.41, 5.74) is 17.0. The number of likely N-dealkylation sites (tertiary alicyclic amines) is 2. The summed E-state index contributed by atoms with van der Waals surface area (Å²) in [7, 11) is 0. The van der Waals surface area contributed by atoms with Gasteiger partial charge in [-0.3, -0.25) is 48.1 Å². The van der Waals surface area contributed by atoms with Gasteiger partial charge in [0.2, 0.25) is 47.3 Å². The predicted molar refractivity (Wildman–Crippen MR) is 230 cm³/mol. The van der Waals surface area contributed by atoms with Crippen molar-refractivity contribution in [3.63, 3.8) is 0 Å². The van der Waals surface area contributed by atoms with E-state index in [2.05, 4.69) is 31.6 Å². The molecule has 364 valence electrons. The Balaban J connectivity index is 1.80. The number of aliphatic carboxylic acids is 2. The highest BCUT2D eigenvalue weighted by Gasteiger charge is 2.40. The first-order chi connectivity index (χ1) is 31.3. The maximum atomic E-state index is 14.1. The smallest absolute Gasteiger partial charge is 0.328 e. The van der Waals surface area contributed by atoms with Crippen LogP contribution in [0.5, 0.6) is 0 Å². The van der Waals surface area contributed by atoms with E-state index in [0.29, 0.717) is 18.4 Å². The lowest BCUT2D eigenvalue weighted by atomic mass is 10.0. The van der Waals surface area contributed by atoms with Gasteiger partial charge >= 0.3 is 11.9 Å². The highest BCUT2D eigenvalue weighted by Crippen LogP contribution is 2.20. The number of nitrogens with two attached hydrogens (primary N) is 3. The lowest BCUT2D eigenvalue weighted by Gasteiger charge is -2.29. The summed E-state index contributed by atoms with van der Waals surface area (Å²) < 4.78 is 0. The number of guanidine groups is 1. The monoisotopic (exact) mass is 932 g/mol. The molecular formula is C40H60N12O14.